The van der Waals surface area contributed by atoms with Crippen molar-refractivity contribution in [3.05, 3.63) is 56.2 Å². The third-order valence-corrected chi connectivity index (χ3v) is 6.23. The molecule has 0 saturated heterocycles. The highest BCUT2D eigenvalue weighted by atomic mass is 35.5. The minimum Gasteiger partial charge on any atom is -0.469 e. The second-order valence-electron chi connectivity index (χ2n) is 4.97. The van der Waals surface area contributed by atoms with Crippen LogP contribution in [0.3, 0.4) is 0 Å². The van der Waals surface area contributed by atoms with Gasteiger partial charge in [-0.25, -0.2) is 13.1 Å². The predicted molar refractivity (Wildman–Crippen MR) is 95.9 cm³/mol. The SMILES string of the molecule is COC(=O)CC(NS(=O)(=O)Cc1ccc(Cl)c(Cl)c1)c1cccs1. The standard InChI is InChI=1S/C15H15Cl2NO4S2/c1-22-15(19)8-13(14-3-2-6-23-14)18-24(20,21)9-10-4-5-11(16)12(17)7-10/h2-7,13,18H,8-9H2,1H3. The fraction of sp³-hybridized carbons (Fsp3) is 0.267. The molecule has 0 amide bonds. The van der Waals surface area contributed by atoms with E-state index in [2.05, 4.69) is 9.46 Å². The molecule has 2 aromatic rings. The molecule has 0 radical (unpaired) electrons. The summed E-state index contributed by atoms with van der Waals surface area (Å²) in [5.41, 5.74) is 0.500. The molecule has 1 atom stereocenters. The number of esters is 1. The summed E-state index contributed by atoms with van der Waals surface area (Å²) in [5.74, 6) is -0.766. The highest BCUT2D eigenvalue weighted by Crippen LogP contribution is 2.26. The van der Waals surface area contributed by atoms with Gasteiger partial charge in [0, 0.05) is 4.88 Å². The zero-order valence-corrected chi connectivity index (χ0v) is 15.8. The van der Waals surface area contributed by atoms with E-state index in [1.54, 1.807) is 24.3 Å². The lowest BCUT2D eigenvalue weighted by atomic mass is 10.2. The second-order valence-corrected chi connectivity index (χ2v) is 8.52. The Hall–Kier alpha value is -1.12. The van der Waals surface area contributed by atoms with Crippen LogP contribution in [-0.4, -0.2) is 21.5 Å². The first-order chi connectivity index (χ1) is 11.3. The molecular weight excluding hydrogens is 393 g/mol. The molecule has 0 saturated carbocycles. The van der Waals surface area contributed by atoms with E-state index in [1.807, 2.05) is 5.38 Å². The van der Waals surface area contributed by atoms with Crippen LogP contribution in [0, 0.1) is 0 Å². The summed E-state index contributed by atoms with van der Waals surface area (Å²) in [6, 6.07) is 7.51. The van der Waals surface area contributed by atoms with E-state index >= 15 is 0 Å². The summed E-state index contributed by atoms with van der Waals surface area (Å²) in [4.78, 5) is 12.3. The van der Waals surface area contributed by atoms with Crippen molar-refractivity contribution in [3.63, 3.8) is 0 Å². The number of halogens is 2. The van der Waals surface area contributed by atoms with Gasteiger partial charge in [0.05, 0.1) is 35.4 Å². The van der Waals surface area contributed by atoms with Crippen molar-refractivity contribution >= 4 is 50.5 Å². The van der Waals surface area contributed by atoms with E-state index in [9.17, 15) is 13.2 Å². The van der Waals surface area contributed by atoms with Crippen molar-refractivity contribution in [1.29, 1.82) is 0 Å². The zero-order chi connectivity index (χ0) is 17.7. The van der Waals surface area contributed by atoms with Crippen LogP contribution in [0.2, 0.25) is 10.0 Å². The Kier molecular flexibility index (Phi) is 6.65. The van der Waals surface area contributed by atoms with Crippen LogP contribution in [0.1, 0.15) is 22.9 Å². The van der Waals surface area contributed by atoms with Crippen molar-refractivity contribution in [2.75, 3.05) is 7.11 Å². The quantitative estimate of drug-likeness (QED) is 0.708. The summed E-state index contributed by atoms with van der Waals surface area (Å²) in [6.45, 7) is 0. The van der Waals surface area contributed by atoms with Crippen LogP contribution in [0.5, 0.6) is 0 Å². The highest BCUT2D eigenvalue weighted by Gasteiger charge is 2.24. The fourth-order valence-electron chi connectivity index (χ4n) is 2.05. The number of methoxy groups -OCH3 is 1. The molecular formula is C15H15Cl2NO4S2. The summed E-state index contributed by atoms with van der Waals surface area (Å²) >= 11 is 13.1. The number of carbonyl (C=O) groups excluding carboxylic acids is 1. The minimum atomic E-state index is -3.70. The Bertz CT molecular complexity index is 807. The number of hydrogen-bond acceptors (Lipinski definition) is 5. The molecule has 130 valence electrons. The number of hydrogen-bond donors (Lipinski definition) is 1. The smallest absolute Gasteiger partial charge is 0.307 e. The molecule has 1 unspecified atom stereocenters. The van der Waals surface area contributed by atoms with Gasteiger partial charge in [-0.15, -0.1) is 11.3 Å². The molecule has 1 heterocycles. The lowest BCUT2D eigenvalue weighted by molar-refractivity contribution is -0.141. The van der Waals surface area contributed by atoms with Gasteiger partial charge in [-0.05, 0) is 29.1 Å². The van der Waals surface area contributed by atoms with Crippen molar-refractivity contribution in [2.45, 2.75) is 18.2 Å². The highest BCUT2D eigenvalue weighted by molar-refractivity contribution is 7.88. The van der Waals surface area contributed by atoms with Gasteiger partial charge in [0.25, 0.3) is 0 Å². The maximum Gasteiger partial charge on any atom is 0.307 e. The first-order valence-electron chi connectivity index (χ1n) is 6.85. The minimum absolute atomic E-state index is 0.0857. The Morgan fingerprint density at radius 3 is 2.62 bits per heavy atom. The molecule has 1 aromatic heterocycles. The number of carbonyl (C=O) groups is 1. The largest absolute Gasteiger partial charge is 0.469 e. The molecule has 1 aromatic carbocycles. The summed E-state index contributed by atoms with van der Waals surface area (Å²) in [5, 5.41) is 2.45. The maximum atomic E-state index is 12.4. The average molecular weight is 408 g/mol. The van der Waals surface area contributed by atoms with Gasteiger partial charge in [-0.1, -0.05) is 35.3 Å². The van der Waals surface area contributed by atoms with E-state index in [0.717, 1.165) is 4.88 Å². The summed E-state index contributed by atoms with van der Waals surface area (Å²) in [7, 11) is -2.43. The first-order valence-corrected chi connectivity index (χ1v) is 10.1. The van der Waals surface area contributed by atoms with Crippen LogP contribution in [0.4, 0.5) is 0 Å². The van der Waals surface area contributed by atoms with Crippen molar-refractivity contribution < 1.29 is 17.9 Å². The average Bonchev–Trinajstić information content (AvgIpc) is 3.04. The molecule has 0 aliphatic carbocycles. The van der Waals surface area contributed by atoms with Gasteiger partial charge in [-0.2, -0.15) is 0 Å². The molecule has 0 spiro atoms. The zero-order valence-electron chi connectivity index (χ0n) is 12.7. The molecule has 0 fully saturated rings. The van der Waals surface area contributed by atoms with Crippen LogP contribution >= 0.6 is 34.5 Å². The molecule has 9 heteroatoms. The number of sulfonamides is 1. The van der Waals surface area contributed by atoms with E-state index < -0.39 is 22.0 Å². The molecule has 1 N–H and O–H groups in total. The monoisotopic (exact) mass is 407 g/mol. The number of nitrogens with one attached hydrogen (secondary N) is 1. The topological polar surface area (TPSA) is 72.5 Å². The van der Waals surface area contributed by atoms with E-state index in [-0.39, 0.29) is 17.2 Å². The van der Waals surface area contributed by atoms with Crippen molar-refractivity contribution in [2.24, 2.45) is 0 Å². The Balaban J connectivity index is 2.17. The van der Waals surface area contributed by atoms with Crippen LogP contribution in [0.25, 0.3) is 0 Å². The normalized spacial score (nSPS) is 12.8. The lowest BCUT2D eigenvalue weighted by Crippen LogP contribution is -2.31. The molecule has 0 bridgehead atoms. The van der Waals surface area contributed by atoms with Crippen molar-refractivity contribution in [1.82, 2.24) is 4.72 Å². The third-order valence-electron chi connectivity index (χ3n) is 3.15. The number of rotatable bonds is 7. The molecule has 24 heavy (non-hydrogen) atoms. The van der Waals surface area contributed by atoms with Crippen LogP contribution in [0.15, 0.2) is 35.7 Å². The first kappa shape index (κ1) is 19.2. The van der Waals surface area contributed by atoms with E-state index in [0.29, 0.717) is 10.6 Å². The Morgan fingerprint density at radius 1 is 1.29 bits per heavy atom. The van der Waals surface area contributed by atoms with Gasteiger partial charge in [0.2, 0.25) is 10.0 Å². The molecule has 5 nitrogen and oxygen atoms in total. The van der Waals surface area contributed by atoms with Gasteiger partial charge in [-0.3, -0.25) is 4.79 Å². The number of thiophene rings is 1. The third kappa shape index (κ3) is 5.46. The summed E-state index contributed by atoms with van der Waals surface area (Å²) in [6.07, 6.45) is -0.0857. The number of benzene rings is 1. The van der Waals surface area contributed by atoms with Gasteiger partial charge in [0.15, 0.2) is 0 Å². The summed E-state index contributed by atoms with van der Waals surface area (Å²) < 4.78 is 32.1. The van der Waals surface area contributed by atoms with Gasteiger partial charge in [0.1, 0.15) is 0 Å². The fourth-order valence-corrected chi connectivity index (χ4v) is 4.57. The van der Waals surface area contributed by atoms with Gasteiger partial charge >= 0.3 is 5.97 Å². The predicted octanol–water partition coefficient (Wildman–Crippen LogP) is 3.78. The molecule has 0 aliphatic heterocycles. The molecule has 0 aliphatic rings. The van der Waals surface area contributed by atoms with Crippen LogP contribution < -0.4 is 4.72 Å². The van der Waals surface area contributed by atoms with Crippen molar-refractivity contribution in [3.8, 4) is 0 Å². The Labute approximate surface area is 154 Å². The van der Waals surface area contributed by atoms with E-state index in [4.69, 9.17) is 23.2 Å². The maximum absolute atomic E-state index is 12.4. The Morgan fingerprint density at radius 2 is 2.04 bits per heavy atom. The number of ether oxygens (including phenoxy) is 1. The van der Waals surface area contributed by atoms with E-state index in [1.165, 1.54) is 24.5 Å². The second kappa shape index (κ2) is 8.31. The van der Waals surface area contributed by atoms with Crippen LogP contribution in [-0.2, 0) is 25.3 Å². The lowest BCUT2D eigenvalue weighted by Gasteiger charge is -2.16. The molecule has 2 rings (SSSR count). The van der Waals surface area contributed by atoms with Gasteiger partial charge < -0.3 is 4.74 Å².